The minimum atomic E-state index is 0.190. The Hall–Kier alpha value is -1.26. The average Bonchev–Trinajstić information content (AvgIpc) is 2.93. The van der Waals surface area contributed by atoms with Gasteiger partial charge in [-0.15, -0.1) is 23.1 Å². The molecule has 0 aliphatic heterocycles. The second-order valence-electron chi connectivity index (χ2n) is 4.81. The molecule has 2 aromatic rings. The van der Waals surface area contributed by atoms with E-state index in [1.807, 2.05) is 18.5 Å². The summed E-state index contributed by atoms with van der Waals surface area (Å²) in [5, 5.41) is 2.04. The van der Waals surface area contributed by atoms with Gasteiger partial charge in [0.15, 0.2) is 0 Å². The minimum absolute atomic E-state index is 0.190. The Morgan fingerprint density at radius 1 is 1.25 bits per heavy atom. The molecule has 0 atom stereocenters. The fourth-order valence-corrected chi connectivity index (χ4v) is 3.46. The molecule has 4 heteroatoms. The van der Waals surface area contributed by atoms with Crippen LogP contribution in [-0.2, 0) is 17.1 Å². The molecule has 1 amide bonds. The first-order chi connectivity index (χ1) is 9.65. The van der Waals surface area contributed by atoms with Gasteiger partial charge in [0.05, 0.1) is 12.3 Å². The Balaban J connectivity index is 1.73. The SMILES string of the molecule is Cc1ccc(CSCC(=O)N(C)Cc2cccs2)cc1. The molecule has 0 radical (unpaired) electrons. The number of rotatable bonds is 6. The Bertz CT molecular complexity index is 534. The van der Waals surface area contributed by atoms with Gasteiger partial charge >= 0.3 is 0 Å². The summed E-state index contributed by atoms with van der Waals surface area (Å²) in [6, 6.07) is 12.6. The van der Waals surface area contributed by atoms with Crippen molar-refractivity contribution in [2.75, 3.05) is 12.8 Å². The van der Waals surface area contributed by atoms with E-state index in [4.69, 9.17) is 0 Å². The first-order valence-corrected chi connectivity index (χ1v) is 8.58. The van der Waals surface area contributed by atoms with E-state index in [1.165, 1.54) is 16.0 Å². The van der Waals surface area contributed by atoms with E-state index in [2.05, 4.69) is 37.3 Å². The van der Waals surface area contributed by atoms with Crippen LogP contribution in [0.5, 0.6) is 0 Å². The Morgan fingerprint density at radius 2 is 2.00 bits per heavy atom. The monoisotopic (exact) mass is 305 g/mol. The van der Waals surface area contributed by atoms with Crippen LogP contribution in [0.1, 0.15) is 16.0 Å². The lowest BCUT2D eigenvalue weighted by molar-refractivity contribution is -0.127. The van der Waals surface area contributed by atoms with Crippen LogP contribution in [0.2, 0.25) is 0 Å². The van der Waals surface area contributed by atoms with E-state index < -0.39 is 0 Å². The van der Waals surface area contributed by atoms with Crippen LogP contribution in [0, 0.1) is 6.92 Å². The number of hydrogen-bond acceptors (Lipinski definition) is 3. The molecule has 20 heavy (non-hydrogen) atoms. The topological polar surface area (TPSA) is 20.3 Å². The third-order valence-electron chi connectivity index (χ3n) is 3.01. The van der Waals surface area contributed by atoms with Crippen molar-refractivity contribution in [2.24, 2.45) is 0 Å². The van der Waals surface area contributed by atoms with Crippen molar-refractivity contribution < 1.29 is 4.79 Å². The van der Waals surface area contributed by atoms with E-state index in [9.17, 15) is 4.79 Å². The molecule has 1 aromatic heterocycles. The summed E-state index contributed by atoms with van der Waals surface area (Å²) >= 11 is 3.36. The zero-order valence-electron chi connectivity index (χ0n) is 11.8. The summed E-state index contributed by atoms with van der Waals surface area (Å²) in [5.41, 5.74) is 2.54. The highest BCUT2D eigenvalue weighted by atomic mass is 32.2. The van der Waals surface area contributed by atoms with Gasteiger partial charge in [0.25, 0.3) is 0 Å². The van der Waals surface area contributed by atoms with Gasteiger partial charge in [0, 0.05) is 17.7 Å². The van der Waals surface area contributed by atoms with Crippen molar-refractivity contribution in [3.63, 3.8) is 0 Å². The van der Waals surface area contributed by atoms with E-state index >= 15 is 0 Å². The van der Waals surface area contributed by atoms with Gasteiger partial charge < -0.3 is 4.90 Å². The first-order valence-electron chi connectivity index (χ1n) is 6.55. The number of thioether (sulfide) groups is 1. The summed E-state index contributed by atoms with van der Waals surface area (Å²) in [6.45, 7) is 2.79. The molecule has 0 bridgehead atoms. The van der Waals surface area contributed by atoms with E-state index in [-0.39, 0.29) is 5.91 Å². The molecule has 0 aliphatic carbocycles. The van der Waals surface area contributed by atoms with E-state index in [0.717, 1.165) is 5.75 Å². The van der Waals surface area contributed by atoms with Gasteiger partial charge in [-0.1, -0.05) is 35.9 Å². The smallest absolute Gasteiger partial charge is 0.232 e. The van der Waals surface area contributed by atoms with Crippen LogP contribution >= 0.6 is 23.1 Å². The number of thiophene rings is 1. The number of nitrogens with zero attached hydrogens (tertiary/aromatic N) is 1. The van der Waals surface area contributed by atoms with Gasteiger partial charge in [-0.05, 0) is 23.9 Å². The van der Waals surface area contributed by atoms with Crippen LogP contribution in [0.4, 0.5) is 0 Å². The summed E-state index contributed by atoms with van der Waals surface area (Å²) in [6.07, 6.45) is 0. The first kappa shape index (κ1) is 15.1. The average molecular weight is 305 g/mol. The number of hydrogen-bond donors (Lipinski definition) is 0. The van der Waals surface area contributed by atoms with Crippen molar-refractivity contribution in [1.29, 1.82) is 0 Å². The highest BCUT2D eigenvalue weighted by molar-refractivity contribution is 7.99. The third-order valence-corrected chi connectivity index (χ3v) is 4.86. The minimum Gasteiger partial charge on any atom is -0.340 e. The second-order valence-corrected chi connectivity index (χ2v) is 6.83. The molecule has 0 fully saturated rings. The second kappa shape index (κ2) is 7.50. The predicted octanol–water partition coefficient (Wildman–Crippen LogP) is 3.95. The molecule has 0 saturated carbocycles. The quantitative estimate of drug-likeness (QED) is 0.805. The van der Waals surface area contributed by atoms with Crippen molar-refractivity contribution in [1.82, 2.24) is 4.90 Å². The number of carbonyl (C=O) groups is 1. The molecule has 0 N–H and O–H groups in total. The molecule has 1 heterocycles. The van der Waals surface area contributed by atoms with Crippen LogP contribution in [-0.4, -0.2) is 23.6 Å². The van der Waals surface area contributed by atoms with Crippen LogP contribution < -0.4 is 0 Å². The highest BCUT2D eigenvalue weighted by Crippen LogP contribution is 2.15. The van der Waals surface area contributed by atoms with Gasteiger partial charge in [-0.25, -0.2) is 0 Å². The summed E-state index contributed by atoms with van der Waals surface area (Å²) in [4.78, 5) is 15.0. The van der Waals surface area contributed by atoms with Crippen molar-refractivity contribution >= 4 is 29.0 Å². The molecule has 1 aromatic carbocycles. The van der Waals surface area contributed by atoms with Gasteiger partial charge in [0.1, 0.15) is 0 Å². The molecular weight excluding hydrogens is 286 g/mol. The van der Waals surface area contributed by atoms with Crippen LogP contribution in [0.15, 0.2) is 41.8 Å². The maximum absolute atomic E-state index is 12.0. The zero-order valence-corrected chi connectivity index (χ0v) is 13.5. The van der Waals surface area contributed by atoms with E-state index in [0.29, 0.717) is 12.3 Å². The van der Waals surface area contributed by atoms with Crippen LogP contribution in [0.25, 0.3) is 0 Å². The predicted molar refractivity (Wildman–Crippen MR) is 88.1 cm³/mol. The fraction of sp³-hybridized carbons (Fsp3) is 0.312. The lowest BCUT2D eigenvalue weighted by Crippen LogP contribution is -2.27. The molecular formula is C16H19NOS2. The Labute approximate surface area is 128 Å². The summed E-state index contributed by atoms with van der Waals surface area (Å²) < 4.78 is 0. The summed E-state index contributed by atoms with van der Waals surface area (Å²) in [7, 11) is 1.87. The van der Waals surface area contributed by atoms with Gasteiger partial charge in [-0.2, -0.15) is 0 Å². The molecule has 0 unspecified atom stereocenters. The summed E-state index contributed by atoms with van der Waals surface area (Å²) in [5.74, 6) is 1.62. The maximum Gasteiger partial charge on any atom is 0.232 e. The normalized spacial score (nSPS) is 10.5. The third kappa shape index (κ3) is 4.69. The van der Waals surface area contributed by atoms with E-state index in [1.54, 1.807) is 28.0 Å². The van der Waals surface area contributed by atoms with Gasteiger partial charge in [-0.3, -0.25) is 4.79 Å². The van der Waals surface area contributed by atoms with Crippen LogP contribution in [0.3, 0.4) is 0 Å². The fourth-order valence-electron chi connectivity index (χ4n) is 1.78. The lowest BCUT2D eigenvalue weighted by atomic mass is 10.2. The molecule has 0 aliphatic rings. The maximum atomic E-state index is 12.0. The molecule has 106 valence electrons. The largest absolute Gasteiger partial charge is 0.340 e. The van der Waals surface area contributed by atoms with Crippen molar-refractivity contribution in [2.45, 2.75) is 19.2 Å². The highest BCUT2D eigenvalue weighted by Gasteiger charge is 2.09. The Kier molecular flexibility index (Phi) is 5.68. The zero-order chi connectivity index (χ0) is 14.4. The molecule has 2 rings (SSSR count). The molecule has 2 nitrogen and oxygen atoms in total. The standard InChI is InChI=1S/C16H19NOS2/c1-13-5-7-14(8-6-13)11-19-12-16(18)17(2)10-15-4-3-9-20-15/h3-9H,10-12H2,1-2H3. The number of benzene rings is 1. The lowest BCUT2D eigenvalue weighted by Gasteiger charge is -2.15. The number of carbonyl (C=O) groups excluding carboxylic acids is 1. The molecule has 0 spiro atoms. The molecule has 0 saturated heterocycles. The number of aryl methyl sites for hydroxylation is 1. The Morgan fingerprint density at radius 3 is 2.65 bits per heavy atom. The number of amides is 1. The van der Waals surface area contributed by atoms with Gasteiger partial charge in [0.2, 0.25) is 5.91 Å². The van der Waals surface area contributed by atoms with Crippen molar-refractivity contribution in [3.8, 4) is 0 Å². The van der Waals surface area contributed by atoms with Crippen molar-refractivity contribution in [3.05, 3.63) is 57.8 Å².